The molecule has 2 aliphatic rings. The Balaban J connectivity index is 0.000000687. The summed E-state index contributed by atoms with van der Waals surface area (Å²) in [4.78, 5) is 25.5. The molecule has 9 nitrogen and oxygen atoms in total. The van der Waals surface area contributed by atoms with Crippen LogP contribution in [0.2, 0.25) is 0 Å². The Morgan fingerprint density at radius 3 is 2.31 bits per heavy atom. The van der Waals surface area contributed by atoms with Crippen molar-refractivity contribution in [3.05, 3.63) is 23.8 Å². The Morgan fingerprint density at radius 1 is 1.17 bits per heavy atom. The average Bonchev–Trinajstić information content (AvgIpc) is 3.19. The Bertz CT molecular complexity index is 865. The van der Waals surface area contributed by atoms with Gasteiger partial charge >= 0.3 is 0 Å². The maximum Gasteiger partial charge on any atom is 0.300 e. The van der Waals surface area contributed by atoms with E-state index in [1.807, 2.05) is 19.0 Å². The Labute approximate surface area is 171 Å². The number of ether oxygens (including phenoxy) is 2. The van der Waals surface area contributed by atoms with E-state index >= 15 is 0 Å². The van der Waals surface area contributed by atoms with Crippen LogP contribution in [0.5, 0.6) is 11.5 Å². The number of rotatable bonds is 4. The van der Waals surface area contributed by atoms with Crippen molar-refractivity contribution in [2.45, 2.75) is 18.2 Å². The molecule has 0 radical (unpaired) electrons. The smallest absolute Gasteiger partial charge is 0.300 e. The number of carboxylic acids is 1. The van der Waals surface area contributed by atoms with Crippen molar-refractivity contribution in [2.24, 2.45) is 5.92 Å². The van der Waals surface area contributed by atoms with Gasteiger partial charge in [0, 0.05) is 38.0 Å². The molecule has 2 fully saturated rings. The fraction of sp³-hybridized carbons (Fsp3) is 0.579. The number of aliphatic carboxylic acids is 1. The summed E-state index contributed by atoms with van der Waals surface area (Å²) in [7, 11) is 3.64. The van der Waals surface area contributed by atoms with Gasteiger partial charge in [0.25, 0.3) is 11.9 Å². The molecule has 0 aromatic heterocycles. The zero-order chi connectivity index (χ0) is 21.9. The number of carboxylic acid groups (broad SMARTS) is 1. The molecule has 10 heteroatoms. The summed E-state index contributed by atoms with van der Waals surface area (Å²) in [6, 6.07) is 4.97. The predicted octanol–water partition coefficient (Wildman–Crippen LogP) is 0.594. The van der Waals surface area contributed by atoms with E-state index in [9.17, 15) is 13.2 Å². The Hall–Kier alpha value is -2.33. The zero-order valence-corrected chi connectivity index (χ0v) is 18.1. The minimum atomic E-state index is -3.18. The van der Waals surface area contributed by atoms with Gasteiger partial charge in [0.15, 0.2) is 9.84 Å². The van der Waals surface area contributed by atoms with Gasteiger partial charge in [-0.05, 0) is 26.2 Å². The summed E-state index contributed by atoms with van der Waals surface area (Å²) in [6.07, 6.45) is 0. The standard InChI is InChI=1S/C17H24N2O5S.C2H4O2/c1-18(2)14-10-25(21,22)16-9-19(8-13(14)16)17(20)12-6-5-11(23-3)7-15(12)24-4;1-2(3)4/h5-7,13-14,16H,8-10H2,1-4H3;1H3,(H,3,4)/t13-,14+,16-;/m0./s1. The summed E-state index contributed by atoms with van der Waals surface area (Å²) in [5.74, 6) is 0.105. The third-order valence-corrected chi connectivity index (χ3v) is 7.48. The molecule has 29 heavy (non-hydrogen) atoms. The van der Waals surface area contributed by atoms with E-state index < -0.39 is 21.1 Å². The van der Waals surface area contributed by atoms with Gasteiger partial charge in [0.1, 0.15) is 11.5 Å². The normalized spacial score (nSPS) is 24.5. The highest BCUT2D eigenvalue weighted by molar-refractivity contribution is 7.92. The van der Waals surface area contributed by atoms with Crippen molar-refractivity contribution in [3.8, 4) is 11.5 Å². The molecule has 1 aromatic rings. The lowest BCUT2D eigenvalue weighted by molar-refractivity contribution is -0.134. The lowest BCUT2D eigenvalue weighted by Crippen LogP contribution is -2.38. The third kappa shape index (κ3) is 4.99. The molecular formula is C19H28N2O7S. The quantitative estimate of drug-likeness (QED) is 0.742. The fourth-order valence-electron chi connectivity index (χ4n) is 3.88. The van der Waals surface area contributed by atoms with E-state index in [1.165, 1.54) is 7.11 Å². The van der Waals surface area contributed by atoms with Crippen molar-refractivity contribution < 1.29 is 32.6 Å². The van der Waals surface area contributed by atoms with Gasteiger partial charge in [-0.3, -0.25) is 9.59 Å². The Morgan fingerprint density at radius 2 is 1.79 bits per heavy atom. The van der Waals surface area contributed by atoms with Crippen LogP contribution in [0.1, 0.15) is 17.3 Å². The molecule has 0 unspecified atom stereocenters. The monoisotopic (exact) mass is 428 g/mol. The second kappa shape index (κ2) is 9.00. The number of fused-ring (bicyclic) bond motifs is 1. The molecule has 2 aliphatic heterocycles. The van der Waals surface area contributed by atoms with Crippen LogP contribution in [-0.4, -0.2) is 93.6 Å². The minimum Gasteiger partial charge on any atom is -0.497 e. The first kappa shape index (κ1) is 23.0. The first-order valence-corrected chi connectivity index (χ1v) is 10.8. The van der Waals surface area contributed by atoms with Crippen LogP contribution in [0, 0.1) is 5.92 Å². The van der Waals surface area contributed by atoms with Gasteiger partial charge in [-0.2, -0.15) is 0 Å². The van der Waals surface area contributed by atoms with Crippen LogP contribution in [0.25, 0.3) is 0 Å². The van der Waals surface area contributed by atoms with Crippen molar-refractivity contribution >= 4 is 21.7 Å². The number of amides is 1. The summed E-state index contributed by atoms with van der Waals surface area (Å²) in [6.45, 7) is 1.77. The topological polar surface area (TPSA) is 113 Å². The van der Waals surface area contributed by atoms with Crippen LogP contribution in [0.4, 0.5) is 0 Å². The SMILES string of the molecule is CC(=O)O.COc1ccc(C(=O)N2C[C@H]3[C@H](N(C)C)CS(=O)(=O)[C@H]3C2)c(OC)c1. The van der Waals surface area contributed by atoms with Crippen molar-refractivity contribution in [1.82, 2.24) is 9.80 Å². The molecule has 162 valence electrons. The lowest BCUT2D eigenvalue weighted by atomic mass is 10.00. The highest BCUT2D eigenvalue weighted by Gasteiger charge is 2.53. The van der Waals surface area contributed by atoms with E-state index in [-0.39, 0.29) is 30.2 Å². The highest BCUT2D eigenvalue weighted by atomic mass is 32.2. The number of hydrogen-bond donors (Lipinski definition) is 1. The molecule has 1 aromatic carbocycles. The van der Waals surface area contributed by atoms with Gasteiger partial charge in [0.2, 0.25) is 0 Å². The van der Waals surface area contributed by atoms with Crippen molar-refractivity contribution in [1.29, 1.82) is 0 Å². The lowest BCUT2D eigenvalue weighted by Gasteiger charge is -2.25. The third-order valence-electron chi connectivity index (χ3n) is 5.26. The summed E-state index contributed by atoms with van der Waals surface area (Å²) in [5, 5.41) is 6.94. The molecule has 0 saturated carbocycles. The second-order valence-electron chi connectivity index (χ2n) is 7.36. The van der Waals surface area contributed by atoms with Gasteiger partial charge in [-0.25, -0.2) is 8.42 Å². The maximum atomic E-state index is 12.9. The maximum absolute atomic E-state index is 12.9. The minimum absolute atomic E-state index is 0.0480. The molecule has 1 amide bonds. The molecule has 1 N–H and O–H groups in total. The molecule has 3 atom stereocenters. The van der Waals surface area contributed by atoms with Crippen molar-refractivity contribution in [2.75, 3.05) is 47.2 Å². The van der Waals surface area contributed by atoms with Crippen LogP contribution in [0.3, 0.4) is 0 Å². The van der Waals surface area contributed by atoms with Gasteiger partial charge in [-0.1, -0.05) is 0 Å². The van der Waals surface area contributed by atoms with Gasteiger partial charge < -0.3 is 24.4 Å². The second-order valence-corrected chi connectivity index (χ2v) is 9.62. The fourth-order valence-corrected chi connectivity index (χ4v) is 6.35. The van der Waals surface area contributed by atoms with E-state index in [1.54, 1.807) is 30.2 Å². The zero-order valence-electron chi connectivity index (χ0n) is 17.3. The number of methoxy groups -OCH3 is 2. The van der Waals surface area contributed by atoms with Gasteiger partial charge in [0.05, 0.1) is 30.8 Å². The molecular weight excluding hydrogens is 400 g/mol. The molecule has 0 spiro atoms. The number of benzene rings is 1. The molecule has 0 bridgehead atoms. The highest BCUT2D eigenvalue weighted by Crippen LogP contribution is 2.37. The largest absolute Gasteiger partial charge is 0.497 e. The van der Waals surface area contributed by atoms with Crippen molar-refractivity contribution in [3.63, 3.8) is 0 Å². The number of carbonyl (C=O) groups is 2. The first-order valence-electron chi connectivity index (χ1n) is 9.10. The van der Waals surface area contributed by atoms with E-state index in [4.69, 9.17) is 19.4 Å². The number of carbonyl (C=O) groups excluding carboxylic acids is 1. The number of hydrogen-bond acceptors (Lipinski definition) is 7. The molecule has 2 heterocycles. The van der Waals surface area contributed by atoms with Crippen LogP contribution in [0.15, 0.2) is 18.2 Å². The van der Waals surface area contributed by atoms with Gasteiger partial charge in [-0.15, -0.1) is 0 Å². The number of sulfone groups is 1. The predicted molar refractivity (Wildman–Crippen MR) is 107 cm³/mol. The first-order chi connectivity index (χ1) is 13.5. The van der Waals surface area contributed by atoms with E-state index in [0.29, 0.717) is 23.6 Å². The summed E-state index contributed by atoms with van der Waals surface area (Å²) in [5.41, 5.74) is 0.419. The van der Waals surface area contributed by atoms with E-state index in [0.717, 1.165) is 6.92 Å². The Kier molecular flexibility index (Phi) is 7.12. The number of likely N-dealkylation sites (tertiary alicyclic amines) is 1. The molecule has 2 saturated heterocycles. The van der Waals surface area contributed by atoms with Crippen LogP contribution >= 0.6 is 0 Å². The van der Waals surface area contributed by atoms with E-state index in [2.05, 4.69) is 0 Å². The number of nitrogens with zero attached hydrogens (tertiary/aromatic N) is 2. The molecule has 3 rings (SSSR count). The summed E-state index contributed by atoms with van der Waals surface area (Å²) >= 11 is 0. The van der Waals surface area contributed by atoms with Crippen LogP contribution < -0.4 is 9.47 Å². The average molecular weight is 429 g/mol. The van der Waals surface area contributed by atoms with Crippen LogP contribution in [-0.2, 0) is 14.6 Å². The summed E-state index contributed by atoms with van der Waals surface area (Å²) < 4.78 is 35.4. The molecule has 0 aliphatic carbocycles.